The van der Waals surface area contributed by atoms with E-state index in [4.69, 9.17) is 21.4 Å². The molecule has 0 spiro atoms. The number of hydrogen-bond donors (Lipinski definition) is 1. The zero-order valence-electron chi connectivity index (χ0n) is 10.9. The highest BCUT2D eigenvalue weighted by molar-refractivity contribution is 6.31. The molecule has 0 saturated heterocycles. The van der Waals surface area contributed by atoms with E-state index in [1.807, 2.05) is 0 Å². The monoisotopic (exact) mass is 306 g/mol. The summed E-state index contributed by atoms with van der Waals surface area (Å²) in [7, 11) is 0. The molecule has 0 heterocycles. The van der Waals surface area contributed by atoms with Crippen LogP contribution in [0.25, 0.3) is 6.08 Å². The lowest BCUT2D eigenvalue weighted by Crippen LogP contribution is -2.00. The van der Waals surface area contributed by atoms with Crippen molar-refractivity contribution < 1.29 is 19.0 Å². The van der Waals surface area contributed by atoms with Crippen LogP contribution in [0.15, 0.2) is 48.5 Å². The Labute approximate surface area is 126 Å². The Bertz CT molecular complexity index is 683. The number of carboxylic acids is 1. The van der Waals surface area contributed by atoms with E-state index in [-0.39, 0.29) is 12.4 Å². The summed E-state index contributed by atoms with van der Waals surface area (Å²) in [6.07, 6.45) is 2.21. The van der Waals surface area contributed by atoms with Crippen molar-refractivity contribution in [3.8, 4) is 5.75 Å². The van der Waals surface area contributed by atoms with Gasteiger partial charge >= 0.3 is 5.97 Å². The highest BCUT2D eigenvalue weighted by atomic mass is 35.5. The van der Waals surface area contributed by atoms with Crippen molar-refractivity contribution in [2.45, 2.75) is 6.61 Å². The van der Waals surface area contributed by atoms with E-state index >= 15 is 0 Å². The predicted molar refractivity (Wildman–Crippen MR) is 78.9 cm³/mol. The Morgan fingerprint density at radius 3 is 2.71 bits per heavy atom. The van der Waals surface area contributed by atoms with Crippen molar-refractivity contribution in [3.05, 3.63) is 70.5 Å². The number of carboxylic acid groups (broad SMARTS) is 1. The van der Waals surface area contributed by atoms with Gasteiger partial charge in [-0.15, -0.1) is 0 Å². The largest absolute Gasteiger partial charge is 0.485 e. The standard InChI is InChI=1S/C16H12ClFO3/c17-13-6-2-1-4-12(13)10-21-16-11(8-9-15(19)20)5-3-7-14(16)18/h1-9H,10H2,(H,19,20)/b9-8+. The molecule has 0 aromatic heterocycles. The number of rotatable bonds is 5. The van der Waals surface area contributed by atoms with Gasteiger partial charge in [0.2, 0.25) is 0 Å². The maximum atomic E-state index is 13.8. The van der Waals surface area contributed by atoms with E-state index in [0.717, 1.165) is 11.6 Å². The second kappa shape index (κ2) is 6.90. The summed E-state index contributed by atoms with van der Waals surface area (Å²) in [5.74, 6) is -1.68. The van der Waals surface area contributed by atoms with E-state index in [9.17, 15) is 9.18 Å². The average molecular weight is 307 g/mol. The minimum absolute atomic E-state index is 0.00470. The lowest BCUT2D eigenvalue weighted by Gasteiger charge is -2.11. The topological polar surface area (TPSA) is 46.5 Å². The van der Waals surface area contributed by atoms with Gasteiger partial charge in [-0.25, -0.2) is 9.18 Å². The third-order valence-electron chi connectivity index (χ3n) is 2.73. The van der Waals surface area contributed by atoms with Gasteiger partial charge in [0.25, 0.3) is 0 Å². The molecule has 0 radical (unpaired) electrons. The third kappa shape index (κ3) is 4.07. The molecule has 0 aliphatic rings. The van der Waals surface area contributed by atoms with Crippen LogP contribution in [0.3, 0.4) is 0 Å². The van der Waals surface area contributed by atoms with Crippen LogP contribution in [0, 0.1) is 5.82 Å². The molecular formula is C16H12ClFO3. The fourth-order valence-electron chi connectivity index (χ4n) is 1.74. The van der Waals surface area contributed by atoms with Crippen LogP contribution in [0.5, 0.6) is 5.75 Å². The molecule has 0 amide bonds. The number of aliphatic carboxylic acids is 1. The molecule has 0 bridgehead atoms. The molecule has 2 rings (SSSR count). The first-order valence-corrected chi connectivity index (χ1v) is 6.51. The molecule has 1 N–H and O–H groups in total. The quantitative estimate of drug-likeness (QED) is 0.844. The molecule has 3 nitrogen and oxygen atoms in total. The Morgan fingerprint density at radius 2 is 2.00 bits per heavy atom. The van der Waals surface area contributed by atoms with E-state index < -0.39 is 11.8 Å². The average Bonchev–Trinajstić information content (AvgIpc) is 2.45. The maximum Gasteiger partial charge on any atom is 0.328 e. The van der Waals surface area contributed by atoms with Crippen molar-refractivity contribution in [3.63, 3.8) is 0 Å². The highest BCUT2D eigenvalue weighted by Crippen LogP contribution is 2.26. The van der Waals surface area contributed by atoms with Gasteiger partial charge in [0, 0.05) is 22.2 Å². The number of para-hydroxylation sites is 1. The second-order valence-electron chi connectivity index (χ2n) is 4.21. The van der Waals surface area contributed by atoms with E-state index in [0.29, 0.717) is 10.6 Å². The van der Waals surface area contributed by atoms with Crippen LogP contribution in [0.1, 0.15) is 11.1 Å². The van der Waals surface area contributed by atoms with Gasteiger partial charge in [-0.1, -0.05) is 41.9 Å². The summed E-state index contributed by atoms with van der Waals surface area (Å²) in [6.45, 7) is 0.0918. The first-order chi connectivity index (χ1) is 10.1. The van der Waals surface area contributed by atoms with Gasteiger partial charge in [-0.2, -0.15) is 0 Å². The number of carbonyl (C=O) groups is 1. The summed E-state index contributed by atoms with van der Waals surface area (Å²) >= 11 is 6.01. The van der Waals surface area contributed by atoms with Crippen molar-refractivity contribution in [1.29, 1.82) is 0 Å². The van der Waals surface area contributed by atoms with Gasteiger partial charge < -0.3 is 9.84 Å². The summed E-state index contributed by atoms with van der Waals surface area (Å²) in [5.41, 5.74) is 1.07. The third-order valence-corrected chi connectivity index (χ3v) is 3.10. The highest BCUT2D eigenvalue weighted by Gasteiger charge is 2.09. The smallest absolute Gasteiger partial charge is 0.328 e. The van der Waals surface area contributed by atoms with E-state index in [1.54, 1.807) is 30.3 Å². The summed E-state index contributed by atoms with van der Waals surface area (Å²) in [5, 5.41) is 9.16. The minimum atomic E-state index is -1.11. The predicted octanol–water partition coefficient (Wildman–Crippen LogP) is 4.16. The van der Waals surface area contributed by atoms with Crippen molar-refractivity contribution >= 4 is 23.6 Å². The molecule has 0 fully saturated rings. The minimum Gasteiger partial charge on any atom is -0.485 e. The first kappa shape index (κ1) is 15.1. The van der Waals surface area contributed by atoms with Crippen LogP contribution in [-0.2, 0) is 11.4 Å². The number of halogens is 2. The number of ether oxygens (including phenoxy) is 1. The number of benzene rings is 2. The van der Waals surface area contributed by atoms with Gasteiger partial charge in [-0.05, 0) is 18.2 Å². The molecule has 5 heteroatoms. The Kier molecular flexibility index (Phi) is 4.95. The summed E-state index contributed by atoms with van der Waals surface area (Å²) in [4.78, 5) is 10.6. The fraction of sp³-hybridized carbons (Fsp3) is 0.0625. The maximum absolute atomic E-state index is 13.8. The summed E-state index contributed by atoms with van der Waals surface area (Å²) in [6, 6.07) is 11.4. The Morgan fingerprint density at radius 1 is 1.24 bits per heavy atom. The van der Waals surface area contributed by atoms with Crippen LogP contribution in [0.2, 0.25) is 5.02 Å². The van der Waals surface area contributed by atoms with E-state index in [1.165, 1.54) is 18.2 Å². The second-order valence-corrected chi connectivity index (χ2v) is 4.62. The van der Waals surface area contributed by atoms with Gasteiger partial charge in [0.15, 0.2) is 11.6 Å². The SMILES string of the molecule is O=C(O)/C=C/c1cccc(F)c1OCc1ccccc1Cl. The molecule has 0 unspecified atom stereocenters. The molecule has 0 saturated carbocycles. The normalized spacial score (nSPS) is 10.8. The zero-order chi connectivity index (χ0) is 15.2. The van der Waals surface area contributed by atoms with Crippen molar-refractivity contribution in [2.75, 3.05) is 0 Å². The molecule has 0 aliphatic carbocycles. The molecule has 21 heavy (non-hydrogen) atoms. The molecule has 108 valence electrons. The molecule has 0 aliphatic heterocycles. The van der Waals surface area contributed by atoms with Crippen molar-refractivity contribution in [2.24, 2.45) is 0 Å². The van der Waals surface area contributed by atoms with Crippen LogP contribution < -0.4 is 4.74 Å². The lowest BCUT2D eigenvalue weighted by atomic mass is 10.1. The first-order valence-electron chi connectivity index (χ1n) is 6.13. The molecule has 2 aromatic carbocycles. The number of hydrogen-bond acceptors (Lipinski definition) is 2. The van der Waals surface area contributed by atoms with Gasteiger partial charge in [-0.3, -0.25) is 0 Å². The summed E-state index contributed by atoms with van der Waals surface area (Å²) < 4.78 is 19.3. The van der Waals surface area contributed by atoms with Gasteiger partial charge in [0.1, 0.15) is 6.61 Å². The Balaban J connectivity index is 2.23. The van der Waals surface area contributed by atoms with Crippen molar-refractivity contribution in [1.82, 2.24) is 0 Å². The molecule has 2 aromatic rings. The molecular weight excluding hydrogens is 295 g/mol. The Hall–Kier alpha value is -2.33. The van der Waals surface area contributed by atoms with Crippen LogP contribution in [0.4, 0.5) is 4.39 Å². The fourth-order valence-corrected chi connectivity index (χ4v) is 1.93. The molecule has 0 atom stereocenters. The zero-order valence-corrected chi connectivity index (χ0v) is 11.7. The van der Waals surface area contributed by atoms with Gasteiger partial charge in [0.05, 0.1) is 0 Å². The van der Waals surface area contributed by atoms with Crippen LogP contribution in [-0.4, -0.2) is 11.1 Å². The van der Waals surface area contributed by atoms with E-state index in [2.05, 4.69) is 0 Å². The van der Waals surface area contributed by atoms with Crippen LogP contribution >= 0.6 is 11.6 Å². The lowest BCUT2D eigenvalue weighted by molar-refractivity contribution is -0.131.